The lowest BCUT2D eigenvalue weighted by Crippen LogP contribution is -2.08. The van der Waals surface area contributed by atoms with Gasteiger partial charge in [-0.1, -0.05) is 0 Å². The van der Waals surface area contributed by atoms with Gasteiger partial charge >= 0.3 is 0 Å². The van der Waals surface area contributed by atoms with Gasteiger partial charge in [-0.25, -0.2) is 4.98 Å². The van der Waals surface area contributed by atoms with Gasteiger partial charge in [0, 0.05) is 31.7 Å². The summed E-state index contributed by atoms with van der Waals surface area (Å²) in [4.78, 5) is 7.86. The maximum atomic E-state index is 5.46. The van der Waals surface area contributed by atoms with Gasteiger partial charge in [-0.3, -0.25) is 4.68 Å². The van der Waals surface area contributed by atoms with Crippen LogP contribution in [0.2, 0.25) is 0 Å². The monoisotopic (exact) mass is 218 g/mol. The van der Waals surface area contributed by atoms with Crippen molar-refractivity contribution in [2.24, 2.45) is 0 Å². The van der Waals surface area contributed by atoms with E-state index < -0.39 is 0 Å². The second-order valence-electron chi connectivity index (χ2n) is 3.35. The summed E-state index contributed by atoms with van der Waals surface area (Å²) in [5.74, 6) is 1.05. The number of hydrogen-bond acceptors (Lipinski definition) is 5. The smallest absolute Gasteiger partial charge is 0.221 e. The first kappa shape index (κ1) is 10.4. The van der Waals surface area contributed by atoms with Crippen LogP contribution in [0.4, 0.5) is 11.8 Å². The second kappa shape index (κ2) is 5.11. The van der Waals surface area contributed by atoms with Crippen molar-refractivity contribution in [1.29, 1.82) is 0 Å². The number of anilines is 2. The van der Waals surface area contributed by atoms with E-state index in [0.29, 0.717) is 0 Å². The maximum Gasteiger partial charge on any atom is 0.221 e. The zero-order valence-electron chi connectivity index (χ0n) is 8.87. The molecule has 0 fully saturated rings. The molecule has 2 rings (SSSR count). The molecule has 84 valence electrons. The molecule has 2 aromatic heterocycles. The molecule has 3 N–H and O–H groups in total. The molecule has 0 aliphatic heterocycles. The Morgan fingerprint density at radius 1 is 1.38 bits per heavy atom. The second-order valence-corrected chi connectivity index (χ2v) is 3.35. The average Bonchev–Trinajstić information content (AvgIpc) is 2.77. The van der Waals surface area contributed by atoms with Gasteiger partial charge in [-0.05, 0) is 18.6 Å². The Hall–Kier alpha value is -2.11. The fourth-order valence-corrected chi connectivity index (χ4v) is 1.36. The molecule has 0 bridgehead atoms. The predicted molar refractivity (Wildman–Crippen MR) is 61.8 cm³/mol. The molecule has 0 amide bonds. The fraction of sp³-hybridized carbons (Fsp3) is 0.300. The summed E-state index contributed by atoms with van der Waals surface area (Å²) in [6.45, 7) is 1.72. The van der Waals surface area contributed by atoms with E-state index in [-0.39, 0.29) is 5.95 Å². The van der Waals surface area contributed by atoms with E-state index in [2.05, 4.69) is 20.4 Å². The highest BCUT2D eigenvalue weighted by Crippen LogP contribution is 2.02. The van der Waals surface area contributed by atoms with Gasteiger partial charge in [0.15, 0.2) is 0 Å². The molecule has 0 atom stereocenters. The number of rotatable bonds is 5. The standard InChI is InChI=1S/C10H14N6/c11-10-13-6-3-9(15-10)12-4-1-7-16-8-2-5-14-16/h2-3,5-6,8H,1,4,7H2,(H3,11,12,13,15). The molecular weight excluding hydrogens is 204 g/mol. The van der Waals surface area contributed by atoms with Crippen LogP contribution in [0, 0.1) is 0 Å². The van der Waals surface area contributed by atoms with Crippen molar-refractivity contribution in [2.75, 3.05) is 17.6 Å². The number of aryl methyl sites for hydroxylation is 1. The Kier molecular flexibility index (Phi) is 3.32. The third kappa shape index (κ3) is 2.94. The van der Waals surface area contributed by atoms with Crippen LogP contribution >= 0.6 is 0 Å². The highest BCUT2D eigenvalue weighted by atomic mass is 15.3. The Morgan fingerprint density at radius 2 is 2.31 bits per heavy atom. The summed E-state index contributed by atoms with van der Waals surface area (Å²) in [6.07, 6.45) is 6.34. The molecule has 2 heterocycles. The summed E-state index contributed by atoms with van der Waals surface area (Å²) in [6, 6.07) is 3.71. The van der Waals surface area contributed by atoms with Crippen molar-refractivity contribution >= 4 is 11.8 Å². The normalized spacial score (nSPS) is 10.2. The SMILES string of the molecule is Nc1nccc(NCCCn2cccn2)n1. The number of nitrogens with two attached hydrogens (primary N) is 1. The van der Waals surface area contributed by atoms with Crippen molar-refractivity contribution in [3.63, 3.8) is 0 Å². The van der Waals surface area contributed by atoms with Crippen molar-refractivity contribution in [3.05, 3.63) is 30.7 Å². The maximum absolute atomic E-state index is 5.46. The van der Waals surface area contributed by atoms with Crippen molar-refractivity contribution in [1.82, 2.24) is 19.7 Å². The van der Waals surface area contributed by atoms with Crippen LogP contribution in [0.1, 0.15) is 6.42 Å². The fourth-order valence-electron chi connectivity index (χ4n) is 1.36. The van der Waals surface area contributed by atoms with Crippen LogP contribution in [0.5, 0.6) is 0 Å². The lowest BCUT2D eigenvalue weighted by atomic mass is 10.4. The molecule has 0 saturated heterocycles. The van der Waals surface area contributed by atoms with Gasteiger partial charge < -0.3 is 11.1 Å². The van der Waals surface area contributed by atoms with E-state index in [1.807, 2.05) is 16.9 Å². The van der Waals surface area contributed by atoms with E-state index in [4.69, 9.17) is 5.73 Å². The summed E-state index contributed by atoms with van der Waals surface area (Å²) < 4.78 is 1.90. The number of hydrogen-bond donors (Lipinski definition) is 2. The highest BCUT2D eigenvalue weighted by molar-refractivity contribution is 5.36. The van der Waals surface area contributed by atoms with E-state index in [0.717, 1.165) is 25.3 Å². The van der Waals surface area contributed by atoms with E-state index in [1.54, 1.807) is 18.5 Å². The van der Waals surface area contributed by atoms with Crippen LogP contribution in [0.3, 0.4) is 0 Å². The average molecular weight is 218 g/mol. The molecule has 0 spiro atoms. The summed E-state index contributed by atoms with van der Waals surface area (Å²) in [7, 11) is 0. The van der Waals surface area contributed by atoms with E-state index in [1.165, 1.54) is 0 Å². The van der Waals surface area contributed by atoms with Gasteiger partial charge in [-0.15, -0.1) is 0 Å². The van der Waals surface area contributed by atoms with Crippen LogP contribution in [0.25, 0.3) is 0 Å². The summed E-state index contributed by atoms with van der Waals surface area (Å²) in [5, 5.41) is 7.29. The number of nitrogens with one attached hydrogen (secondary N) is 1. The Bertz CT molecular complexity index is 425. The van der Waals surface area contributed by atoms with Crippen LogP contribution in [-0.4, -0.2) is 26.3 Å². The van der Waals surface area contributed by atoms with E-state index in [9.17, 15) is 0 Å². The predicted octanol–water partition coefficient (Wildman–Crippen LogP) is 0.757. The zero-order chi connectivity index (χ0) is 11.2. The molecule has 0 unspecified atom stereocenters. The summed E-state index contributed by atoms with van der Waals surface area (Å²) >= 11 is 0. The highest BCUT2D eigenvalue weighted by Gasteiger charge is 1.95. The lowest BCUT2D eigenvalue weighted by Gasteiger charge is -2.05. The number of nitrogen functional groups attached to an aromatic ring is 1. The van der Waals surface area contributed by atoms with Crippen LogP contribution < -0.4 is 11.1 Å². The first-order chi connectivity index (χ1) is 7.84. The Morgan fingerprint density at radius 3 is 3.06 bits per heavy atom. The van der Waals surface area contributed by atoms with Gasteiger partial charge in [0.25, 0.3) is 0 Å². The molecule has 0 aliphatic rings. The molecule has 16 heavy (non-hydrogen) atoms. The molecule has 0 aliphatic carbocycles. The number of nitrogens with zero attached hydrogens (tertiary/aromatic N) is 4. The lowest BCUT2D eigenvalue weighted by molar-refractivity contribution is 0.591. The molecule has 0 radical (unpaired) electrons. The third-order valence-electron chi connectivity index (χ3n) is 2.10. The molecule has 0 aromatic carbocycles. The van der Waals surface area contributed by atoms with Crippen molar-refractivity contribution < 1.29 is 0 Å². The van der Waals surface area contributed by atoms with Gasteiger partial charge in [0.2, 0.25) is 5.95 Å². The third-order valence-corrected chi connectivity index (χ3v) is 2.10. The van der Waals surface area contributed by atoms with Crippen molar-refractivity contribution in [3.8, 4) is 0 Å². The topological polar surface area (TPSA) is 81.6 Å². The summed E-state index contributed by atoms with van der Waals surface area (Å²) in [5.41, 5.74) is 5.46. The minimum atomic E-state index is 0.289. The minimum Gasteiger partial charge on any atom is -0.370 e. The zero-order valence-corrected chi connectivity index (χ0v) is 8.87. The van der Waals surface area contributed by atoms with Crippen LogP contribution in [0.15, 0.2) is 30.7 Å². The van der Waals surface area contributed by atoms with Gasteiger partial charge in [0.05, 0.1) is 0 Å². The van der Waals surface area contributed by atoms with Gasteiger partial charge in [0.1, 0.15) is 5.82 Å². The number of aromatic nitrogens is 4. The minimum absolute atomic E-state index is 0.289. The quantitative estimate of drug-likeness (QED) is 0.724. The first-order valence-electron chi connectivity index (χ1n) is 5.14. The van der Waals surface area contributed by atoms with Crippen LogP contribution in [-0.2, 0) is 6.54 Å². The molecule has 6 heteroatoms. The molecule has 6 nitrogen and oxygen atoms in total. The Balaban J connectivity index is 1.72. The molecule has 0 saturated carbocycles. The van der Waals surface area contributed by atoms with Crippen molar-refractivity contribution in [2.45, 2.75) is 13.0 Å². The molecule has 2 aromatic rings. The first-order valence-corrected chi connectivity index (χ1v) is 5.14. The van der Waals surface area contributed by atoms with E-state index >= 15 is 0 Å². The molecular formula is C10H14N6. The van der Waals surface area contributed by atoms with Gasteiger partial charge in [-0.2, -0.15) is 10.1 Å². The largest absolute Gasteiger partial charge is 0.370 e. The Labute approximate surface area is 93.5 Å².